The van der Waals surface area contributed by atoms with Gasteiger partial charge in [0.15, 0.2) is 18.3 Å². The van der Waals surface area contributed by atoms with E-state index < -0.39 is 42.0 Å². The lowest BCUT2D eigenvalue weighted by Crippen LogP contribution is -2.81. The number of guanidine groups is 1. The molecular formula is C11H17N3O5. The van der Waals surface area contributed by atoms with Crippen LogP contribution in [0.5, 0.6) is 0 Å². The van der Waals surface area contributed by atoms with E-state index in [-0.39, 0.29) is 11.9 Å². The average molecular weight is 271 g/mol. The molecule has 7 atom stereocenters. The fourth-order valence-corrected chi connectivity index (χ4v) is 3.56. The maximum absolute atomic E-state index is 11.8. The summed E-state index contributed by atoms with van der Waals surface area (Å²) < 4.78 is 5.07. The first-order valence-corrected chi connectivity index (χ1v) is 6.24. The van der Waals surface area contributed by atoms with Gasteiger partial charge in [-0.1, -0.05) is 6.92 Å². The third-order valence-corrected chi connectivity index (χ3v) is 4.50. The number of aliphatic hydroxyl groups is 3. The van der Waals surface area contributed by atoms with Gasteiger partial charge in [0.1, 0.15) is 17.7 Å². The topological polar surface area (TPSA) is 137 Å². The van der Waals surface area contributed by atoms with Crippen LogP contribution in [0.3, 0.4) is 0 Å². The number of aliphatic imine (C=N–C) groups is 1. The maximum Gasteiger partial charge on any atom is 0.337 e. The van der Waals surface area contributed by atoms with Gasteiger partial charge in [0.25, 0.3) is 0 Å². The van der Waals surface area contributed by atoms with E-state index in [4.69, 9.17) is 10.5 Å². The molecule has 1 aliphatic carbocycles. The van der Waals surface area contributed by atoms with Crippen molar-refractivity contribution in [3.8, 4) is 0 Å². The van der Waals surface area contributed by atoms with Crippen molar-refractivity contribution in [2.24, 2.45) is 22.6 Å². The van der Waals surface area contributed by atoms with Crippen molar-refractivity contribution in [3.63, 3.8) is 0 Å². The summed E-state index contributed by atoms with van der Waals surface area (Å²) in [5.74, 6) is -1.68. The molecule has 2 bridgehead atoms. The lowest BCUT2D eigenvalue weighted by atomic mass is 9.61. The van der Waals surface area contributed by atoms with Crippen molar-refractivity contribution in [2.75, 3.05) is 0 Å². The van der Waals surface area contributed by atoms with Crippen LogP contribution in [0.25, 0.3) is 0 Å². The maximum atomic E-state index is 11.8. The van der Waals surface area contributed by atoms with Crippen LogP contribution in [0.1, 0.15) is 13.3 Å². The van der Waals surface area contributed by atoms with Gasteiger partial charge in [-0.15, -0.1) is 0 Å². The van der Waals surface area contributed by atoms with Crippen LogP contribution < -0.4 is 11.1 Å². The predicted octanol–water partition coefficient (Wildman–Crippen LogP) is -2.74. The van der Waals surface area contributed by atoms with Crippen molar-refractivity contribution in [3.05, 3.63) is 0 Å². The first-order chi connectivity index (χ1) is 8.87. The summed E-state index contributed by atoms with van der Waals surface area (Å²) in [4.78, 5) is 15.6. The molecule has 1 saturated carbocycles. The van der Waals surface area contributed by atoms with E-state index in [1.54, 1.807) is 0 Å². The summed E-state index contributed by atoms with van der Waals surface area (Å²) in [6.07, 6.45) is -4.19. The minimum atomic E-state index is -1.60. The number of nitrogens with one attached hydrogen (secondary N) is 1. The van der Waals surface area contributed by atoms with Crippen LogP contribution in [0, 0.1) is 11.8 Å². The van der Waals surface area contributed by atoms with Crippen LogP contribution in [-0.2, 0) is 9.53 Å². The minimum Gasteiger partial charge on any atom is -0.457 e. The molecule has 5 unspecified atom stereocenters. The van der Waals surface area contributed by atoms with E-state index in [0.29, 0.717) is 6.42 Å². The Labute approximate surface area is 109 Å². The standard InChI is InChI=1S/C11H17N3O5/c1-3-2-4-8(17)13-10(12)14-11(4)6(15)5(3)19-9(18)7(11)16/h3-8,15-17H,2H2,1H3,(H3,12,13,14)/t3?,4?,5?,6?,7-,8-,11?/m0/s1. The van der Waals surface area contributed by atoms with Gasteiger partial charge in [0.05, 0.1) is 0 Å². The summed E-state index contributed by atoms with van der Waals surface area (Å²) >= 11 is 0. The number of nitrogens with zero attached hydrogens (tertiary/aromatic N) is 1. The predicted molar refractivity (Wildman–Crippen MR) is 62.7 cm³/mol. The highest BCUT2D eigenvalue weighted by atomic mass is 16.6. The zero-order valence-corrected chi connectivity index (χ0v) is 10.4. The molecule has 3 aliphatic rings. The lowest BCUT2D eigenvalue weighted by Gasteiger charge is -2.58. The zero-order valence-electron chi connectivity index (χ0n) is 10.4. The number of esters is 1. The molecule has 0 aromatic heterocycles. The third-order valence-electron chi connectivity index (χ3n) is 4.50. The Hall–Kier alpha value is -1.38. The summed E-state index contributed by atoms with van der Waals surface area (Å²) in [6, 6.07) is 0. The Morgan fingerprint density at radius 2 is 2.16 bits per heavy atom. The molecule has 0 aromatic carbocycles. The molecular weight excluding hydrogens is 254 g/mol. The first kappa shape index (κ1) is 12.6. The molecule has 2 aliphatic heterocycles. The number of aliphatic hydroxyl groups excluding tert-OH is 3. The van der Waals surface area contributed by atoms with Gasteiger partial charge >= 0.3 is 5.97 Å². The molecule has 1 saturated heterocycles. The van der Waals surface area contributed by atoms with E-state index in [1.807, 2.05) is 6.92 Å². The van der Waals surface area contributed by atoms with Gasteiger partial charge in [-0.05, 0) is 12.3 Å². The normalized spacial score (nSPS) is 52.6. The number of hydrogen-bond donors (Lipinski definition) is 5. The van der Waals surface area contributed by atoms with Crippen LogP contribution >= 0.6 is 0 Å². The van der Waals surface area contributed by atoms with Crippen LogP contribution in [0.15, 0.2) is 4.99 Å². The summed E-state index contributed by atoms with van der Waals surface area (Å²) in [5, 5.41) is 33.3. The fourth-order valence-electron chi connectivity index (χ4n) is 3.56. The second-order valence-electron chi connectivity index (χ2n) is 5.55. The van der Waals surface area contributed by atoms with Gasteiger partial charge in [-0.3, -0.25) is 0 Å². The van der Waals surface area contributed by atoms with Crippen LogP contribution in [-0.4, -0.2) is 57.3 Å². The molecule has 19 heavy (non-hydrogen) atoms. The number of nitrogens with two attached hydrogens (primary N) is 1. The zero-order chi connectivity index (χ0) is 13.9. The molecule has 2 heterocycles. The van der Waals surface area contributed by atoms with Crippen molar-refractivity contribution < 1.29 is 24.9 Å². The Kier molecular flexibility index (Phi) is 2.54. The summed E-state index contributed by atoms with van der Waals surface area (Å²) in [5.41, 5.74) is 4.14. The van der Waals surface area contributed by atoms with Crippen molar-refractivity contribution in [1.29, 1.82) is 0 Å². The fraction of sp³-hybridized carbons (Fsp3) is 0.818. The molecule has 8 nitrogen and oxygen atoms in total. The molecule has 3 rings (SSSR count). The van der Waals surface area contributed by atoms with Crippen LogP contribution in [0.4, 0.5) is 0 Å². The van der Waals surface area contributed by atoms with Gasteiger partial charge in [-0.2, -0.15) is 0 Å². The van der Waals surface area contributed by atoms with E-state index >= 15 is 0 Å². The molecule has 6 N–H and O–H groups in total. The largest absolute Gasteiger partial charge is 0.457 e. The van der Waals surface area contributed by atoms with Crippen molar-refractivity contribution >= 4 is 11.9 Å². The molecule has 0 aromatic rings. The lowest BCUT2D eigenvalue weighted by molar-refractivity contribution is -0.235. The Morgan fingerprint density at radius 1 is 1.47 bits per heavy atom. The monoisotopic (exact) mass is 271 g/mol. The highest BCUT2D eigenvalue weighted by Crippen LogP contribution is 2.47. The number of ether oxygens (including phenoxy) is 1. The first-order valence-electron chi connectivity index (χ1n) is 6.24. The third kappa shape index (κ3) is 1.44. The van der Waals surface area contributed by atoms with Gasteiger partial charge in [-0.25, -0.2) is 9.79 Å². The molecule has 1 spiro atoms. The van der Waals surface area contributed by atoms with Gasteiger partial charge in [0, 0.05) is 5.92 Å². The summed E-state index contributed by atoms with van der Waals surface area (Å²) in [6.45, 7) is 1.82. The highest BCUT2D eigenvalue weighted by molar-refractivity contribution is 5.84. The number of rotatable bonds is 0. The molecule has 8 heteroatoms. The Balaban J connectivity index is 2.13. The van der Waals surface area contributed by atoms with Gasteiger partial charge < -0.3 is 31.1 Å². The molecule has 0 amide bonds. The second-order valence-corrected chi connectivity index (χ2v) is 5.55. The molecule has 106 valence electrons. The summed E-state index contributed by atoms with van der Waals surface area (Å²) in [7, 11) is 0. The Morgan fingerprint density at radius 3 is 2.84 bits per heavy atom. The number of carbonyl (C=O) groups excluding carboxylic acids is 1. The molecule has 0 radical (unpaired) electrons. The number of carbonyl (C=O) groups is 1. The van der Waals surface area contributed by atoms with E-state index in [0.717, 1.165) is 0 Å². The minimum absolute atomic E-state index is 0.107. The van der Waals surface area contributed by atoms with Crippen molar-refractivity contribution in [1.82, 2.24) is 5.32 Å². The molecule has 2 fully saturated rings. The quantitative estimate of drug-likeness (QED) is 0.301. The van der Waals surface area contributed by atoms with Gasteiger partial charge in [0.2, 0.25) is 0 Å². The smallest absolute Gasteiger partial charge is 0.337 e. The SMILES string of the molecule is CC1CC2[C@H](O)N=C(N)NC23C(O)C1OC(=O)[C@@H]3O. The number of hydrogen-bond acceptors (Lipinski definition) is 8. The number of fused-ring (bicyclic) bond motifs is 1. The van der Waals surface area contributed by atoms with Crippen LogP contribution in [0.2, 0.25) is 0 Å². The second kappa shape index (κ2) is 3.81. The van der Waals surface area contributed by atoms with Crippen molar-refractivity contribution in [2.45, 2.75) is 43.4 Å². The van der Waals surface area contributed by atoms with E-state index in [9.17, 15) is 20.1 Å². The average Bonchev–Trinajstić information content (AvgIpc) is 2.33. The highest BCUT2D eigenvalue weighted by Gasteiger charge is 2.67. The Bertz CT molecular complexity index is 456. The van der Waals surface area contributed by atoms with E-state index in [2.05, 4.69) is 10.3 Å². The van der Waals surface area contributed by atoms with E-state index in [1.165, 1.54) is 0 Å².